The molecule has 8 nitrogen and oxygen atoms in total. The maximum Gasteiger partial charge on any atom is 0.414 e. The molecule has 3 amide bonds. The predicted octanol–water partition coefficient (Wildman–Crippen LogP) is 3.45. The third-order valence-corrected chi connectivity index (χ3v) is 7.64. The summed E-state index contributed by atoms with van der Waals surface area (Å²) >= 11 is 0. The number of benzene rings is 2. The second-order valence-corrected chi connectivity index (χ2v) is 9.76. The number of hydrogen-bond donors (Lipinski definition) is 0. The van der Waals surface area contributed by atoms with E-state index in [1.807, 2.05) is 0 Å². The van der Waals surface area contributed by atoms with Crippen molar-refractivity contribution in [3.8, 4) is 0 Å². The first kappa shape index (κ1) is 22.9. The molecule has 0 radical (unpaired) electrons. The quantitative estimate of drug-likeness (QED) is 0.589. The third-order valence-electron chi connectivity index (χ3n) is 7.64. The molecule has 2 aromatic rings. The highest BCUT2D eigenvalue weighted by Crippen LogP contribution is 2.36. The van der Waals surface area contributed by atoms with Crippen LogP contribution in [0.1, 0.15) is 33.6 Å². The van der Waals surface area contributed by atoms with E-state index in [1.54, 1.807) is 29.2 Å². The van der Waals surface area contributed by atoms with E-state index >= 15 is 8.78 Å². The number of halogens is 2. The molecule has 0 spiro atoms. The van der Waals surface area contributed by atoms with Gasteiger partial charge in [0.1, 0.15) is 11.8 Å². The molecule has 4 heterocycles. The minimum absolute atomic E-state index is 0.0325. The van der Waals surface area contributed by atoms with E-state index in [-0.39, 0.29) is 24.5 Å². The van der Waals surface area contributed by atoms with Crippen molar-refractivity contribution in [2.45, 2.75) is 18.9 Å². The monoisotopic (exact) mass is 497 g/mol. The number of carbonyl (C=O) groups excluding carboxylic acids is 3. The Morgan fingerprint density at radius 1 is 0.889 bits per heavy atom. The number of ether oxygens (including phenoxy) is 2. The van der Waals surface area contributed by atoms with Gasteiger partial charge in [-0.1, -0.05) is 12.1 Å². The van der Waals surface area contributed by atoms with Crippen LogP contribution in [-0.4, -0.2) is 68.3 Å². The third kappa shape index (κ3) is 3.80. The number of carbonyl (C=O) groups is 3. The molecular formula is C26H25F2N3O5. The van der Waals surface area contributed by atoms with Gasteiger partial charge in [0.15, 0.2) is 11.6 Å². The van der Waals surface area contributed by atoms with E-state index in [2.05, 4.69) is 0 Å². The standard InChI is InChI=1S/C26H25F2N3O5/c27-21-9-17(10-22(28)23(21)29-7-5-15(6-8-29)16-13-35-14-16)30-11-18(36-26(30)34)12-31-24(32)19-3-1-2-4-20(19)25(31)33/h1-4,9-10,15-16,18H,5-8,11-14H2/t18-/m1/s1. The van der Waals surface area contributed by atoms with Crippen LogP contribution in [0.5, 0.6) is 0 Å². The van der Waals surface area contributed by atoms with E-state index < -0.39 is 35.6 Å². The Hall–Kier alpha value is -3.53. The lowest BCUT2D eigenvalue weighted by Crippen LogP contribution is -2.42. The van der Waals surface area contributed by atoms with Gasteiger partial charge in [0, 0.05) is 31.1 Å². The summed E-state index contributed by atoms with van der Waals surface area (Å²) in [6.45, 7) is 2.47. The molecule has 1 atom stereocenters. The summed E-state index contributed by atoms with van der Waals surface area (Å²) in [5.74, 6) is -1.35. The lowest BCUT2D eigenvalue weighted by molar-refractivity contribution is -0.0651. The van der Waals surface area contributed by atoms with Crippen LogP contribution in [-0.2, 0) is 9.47 Å². The first-order valence-electron chi connectivity index (χ1n) is 12.2. The first-order valence-corrected chi connectivity index (χ1v) is 12.2. The van der Waals surface area contributed by atoms with Gasteiger partial charge in [0.25, 0.3) is 11.8 Å². The zero-order valence-corrected chi connectivity index (χ0v) is 19.5. The van der Waals surface area contributed by atoms with E-state index in [0.717, 1.165) is 48.0 Å². The van der Waals surface area contributed by atoms with E-state index in [9.17, 15) is 14.4 Å². The van der Waals surface area contributed by atoms with E-state index in [1.165, 1.54) is 0 Å². The minimum atomic E-state index is -0.819. The summed E-state index contributed by atoms with van der Waals surface area (Å²) in [6.07, 6.45) is 0.103. The second-order valence-electron chi connectivity index (χ2n) is 9.76. The minimum Gasteiger partial charge on any atom is -0.442 e. The van der Waals surface area contributed by atoms with Gasteiger partial charge < -0.3 is 14.4 Å². The number of cyclic esters (lactones) is 1. The van der Waals surface area contributed by atoms with Crippen molar-refractivity contribution >= 4 is 29.3 Å². The summed E-state index contributed by atoms with van der Waals surface area (Å²) in [7, 11) is 0. The van der Waals surface area contributed by atoms with Crippen molar-refractivity contribution in [1.82, 2.24) is 4.90 Å². The Labute approximate surface area is 206 Å². The normalized spacial score (nSPS) is 22.8. The number of nitrogens with zero attached hydrogens (tertiary/aromatic N) is 3. The molecule has 3 fully saturated rings. The van der Waals surface area contributed by atoms with E-state index in [0.29, 0.717) is 36.1 Å². The van der Waals surface area contributed by atoms with Gasteiger partial charge in [-0.3, -0.25) is 19.4 Å². The fourth-order valence-corrected chi connectivity index (χ4v) is 5.57. The van der Waals surface area contributed by atoms with Gasteiger partial charge in [-0.2, -0.15) is 0 Å². The Bertz CT molecular complexity index is 1180. The molecule has 36 heavy (non-hydrogen) atoms. The Morgan fingerprint density at radius 2 is 1.50 bits per heavy atom. The summed E-state index contributed by atoms with van der Waals surface area (Å²) in [5, 5.41) is 0. The van der Waals surface area contributed by atoms with Gasteiger partial charge in [-0.05, 0) is 30.9 Å². The fourth-order valence-electron chi connectivity index (χ4n) is 5.57. The molecule has 0 saturated carbocycles. The highest BCUT2D eigenvalue weighted by Gasteiger charge is 2.41. The van der Waals surface area contributed by atoms with E-state index in [4.69, 9.17) is 9.47 Å². The summed E-state index contributed by atoms with van der Waals surface area (Å²) in [5.41, 5.74) is 0.546. The highest BCUT2D eigenvalue weighted by molar-refractivity contribution is 6.21. The highest BCUT2D eigenvalue weighted by atomic mass is 19.1. The molecule has 188 valence electrons. The maximum absolute atomic E-state index is 15.1. The second kappa shape index (κ2) is 8.85. The lowest BCUT2D eigenvalue weighted by atomic mass is 9.83. The van der Waals surface area contributed by atoms with Gasteiger partial charge >= 0.3 is 6.09 Å². The average Bonchev–Trinajstić information content (AvgIpc) is 3.31. The molecule has 6 rings (SSSR count). The molecule has 4 aliphatic heterocycles. The van der Waals surface area contributed by atoms with Crippen molar-refractivity contribution in [2.24, 2.45) is 11.8 Å². The molecule has 2 aromatic carbocycles. The fraction of sp³-hybridized carbons (Fsp3) is 0.423. The molecule has 0 aromatic heterocycles. The number of rotatable bonds is 5. The first-order chi connectivity index (χ1) is 17.4. The van der Waals surface area contributed by atoms with Crippen LogP contribution in [0.2, 0.25) is 0 Å². The molecule has 3 saturated heterocycles. The van der Waals surface area contributed by atoms with Crippen LogP contribution < -0.4 is 9.80 Å². The summed E-state index contributed by atoms with van der Waals surface area (Å²) < 4.78 is 40.8. The lowest BCUT2D eigenvalue weighted by Gasteiger charge is -2.40. The molecule has 4 aliphatic rings. The van der Waals surface area contributed by atoms with Gasteiger partial charge in [-0.15, -0.1) is 0 Å². The van der Waals surface area contributed by atoms with Gasteiger partial charge in [-0.25, -0.2) is 13.6 Å². The predicted molar refractivity (Wildman–Crippen MR) is 125 cm³/mol. The topological polar surface area (TPSA) is 79.4 Å². The SMILES string of the molecule is O=C1c2ccccc2C(=O)N1C[C@H]1CN(c2cc(F)c(N3CCC(C4COC4)CC3)c(F)c2)C(=O)O1. The van der Waals surface area contributed by atoms with Crippen LogP contribution >= 0.6 is 0 Å². The van der Waals surface area contributed by atoms with Crippen molar-refractivity contribution < 1.29 is 32.6 Å². The molecule has 0 bridgehead atoms. The van der Waals surface area contributed by atoms with Crippen LogP contribution in [0.15, 0.2) is 36.4 Å². The number of anilines is 2. The maximum atomic E-state index is 15.1. The van der Waals surface area contributed by atoms with Gasteiger partial charge in [0.05, 0.1) is 43.1 Å². The number of hydrogen-bond acceptors (Lipinski definition) is 6. The smallest absolute Gasteiger partial charge is 0.414 e. The van der Waals surface area contributed by atoms with Crippen LogP contribution in [0, 0.1) is 23.5 Å². The molecule has 0 aliphatic carbocycles. The molecule has 0 N–H and O–H groups in total. The van der Waals surface area contributed by atoms with Crippen molar-refractivity contribution in [3.63, 3.8) is 0 Å². The zero-order chi connectivity index (χ0) is 25.0. The number of fused-ring (bicyclic) bond motifs is 1. The number of amides is 3. The Balaban J connectivity index is 1.14. The van der Waals surface area contributed by atoms with Crippen molar-refractivity contribution in [3.05, 3.63) is 59.2 Å². The van der Waals surface area contributed by atoms with Crippen molar-refractivity contribution in [1.29, 1.82) is 0 Å². The molecule has 10 heteroatoms. The Morgan fingerprint density at radius 3 is 2.06 bits per heavy atom. The molecular weight excluding hydrogens is 472 g/mol. The van der Waals surface area contributed by atoms with Crippen LogP contribution in [0.4, 0.5) is 25.0 Å². The van der Waals surface area contributed by atoms with Crippen LogP contribution in [0.3, 0.4) is 0 Å². The summed E-state index contributed by atoms with van der Waals surface area (Å²) in [6, 6.07) is 8.75. The summed E-state index contributed by atoms with van der Waals surface area (Å²) in [4.78, 5) is 41.7. The van der Waals surface area contributed by atoms with Crippen LogP contribution in [0.25, 0.3) is 0 Å². The Kier molecular flexibility index (Phi) is 5.63. The van der Waals surface area contributed by atoms with Gasteiger partial charge in [0.2, 0.25) is 0 Å². The number of imide groups is 1. The average molecular weight is 497 g/mol. The number of piperidine rings is 1. The zero-order valence-electron chi connectivity index (χ0n) is 19.5. The largest absolute Gasteiger partial charge is 0.442 e. The van der Waals surface area contributed by atoms with Crippen molar-refractivity contribution in [2.75, 3.05) is 49.2 Å². The molecule has 0 unspecified atom stereocenters.